The number of rotatable bonds is 5. The number of hydrogen-bond donors (Lipinski definition) is 2. The highest BCUT2D eigenvalue weighted by Gasteiger charge is 2.28. The van der Waals surface area contributed by atoms with Gasteiger partial charge in [-0.15, -0.1) is 0 Å². The van der Waals surface area contributed by atoms with E-state index in [0.717, 1.165) is 31.8 Å². The third-order valence-corrected chi connectivity index (χ3v) is 7.67. The number of quaternary nitrogens is 1. The number of carbonyl (C=O) groups excluding carboxylic acids is 1. The van der Waals surface area contributed by atoms with Crippen molar-refractivity contribution in [2.75, 3.05) is 38.0 Å². The summed E-state index contributed by atoms with van der Waals surface area (Å²) in [6, 6.07) is 6.57. The SMILES string of the molecule is CC1CC[NH+](CC(=O)Nc2ccc(S(=O)(=O)N3CCC[C@@H](C)C3)cc2)CC1. The Morgan fingerprint density at radius 3 is 2.41 bits per heavy atom. The molecule has 2 saturated heterocycles. The van der Waals surface area contributed by atoms with Crippen LogP contribution in [0.5, 0.6) is 0 Å². The van der Waals surface area contributed by atoms with Gasteiger partial charge in [0.25, 0.3) is 5.91 Å². The Kier molecular flexibility index (Phi) is 6.55. The monoisotopic (exact) mass is 394 g/mol. The first-order valence-electron chi connectivity index (χ1n) is 10.1. The zero-order valence-electron chi connectivity index (χ0n) is 16.4. The number of piperidine rings is 2. The molecule has 2 fully saturated rings. The van der Waals surface area contributed by atoms with Crippen molar-refractivity contribution >= 4 is 21.6 Å². The van der Waals surface area contributed by atoms with E-state index in [9.17, 15) is 13.2 Å². The molecule has 0 spiro atoms. The van der Waals surface area contributed by atoms with Gasteiger partial charge in [0, 0.05) is 18.8 Å². The lowest BCUT2D eigenvalue weighted by atomic mass is 9.99. The summed E-state index contributed by atoms with van der Waals surface area (Å²) in [6.07, 6.45) is 4.33. The first-order valence-corrected chi connectivity index (χ1v) is 11.5. The first-order chi connectivity index (χ1) is 12.8. The summed E-state index contributed by atoms with van der Waals surface area (Å²) in [4.78, 5) is 13.9. The normalized spacial score (nSPS) is 27.3. The second-order valence-corrected chi connectivity index (χ2v) is 10.2. The number of amides is 1. The molecule has 0 aliphatic carbocycles. The van der Waals surface area contributed by atoms with Gasteiger partial charge in [0.2, 0.25) is 10.0 Å². The third-order valence-electron chi connectivity index (χ3n) is 5.79. The summed E-state index contributed by atoms with van der Waals surface area (Å²) in [5, 5.41) is 2.90. The summed E-state index contributed by atoms with van der Waals surface area (Å²) in [6.45, 7) is 8.07. The predicted molar refractivity (Wildman–Crippen MR) is 106 cm³/mol. The van der Waals surface area contributed by atoms with Crippen molar-refractivity contribution in [2.45, 2.75) is 44.4 Å². The van der Waals surface area contributed by atoms with E-state index in [0.29, 0.717) is 36.1 Å². The highest BCUT2D eigenvalue weighted by Crippen LogP contribution is 2.24. The van der Waals surface area contributed by atoms with E-state index in [1.807, 2.05) is 0 Å². The van der Waals surface area contributed by atoms with Crippen LogP contribution in [0.25, 0.3) is 0 Å². The van der Waals surface area contributed by atoms with Crippen LogP contribution in [-0.4, -0.2) is 51.4 Å². The molecule has 1 aromatic carbocycles. The maximum absolute atomic E-state index is 12.8. The van der Waals surface area contributed by atoms with Gasteiger partial charge in [-0.2, -0.15) is 4.31 Å². The van der Waals surface area contributed by atoms with Crippen LogP contribution in [0, 0.1) is 11.8 Å². The van der Waals surface area contributed by atoms with E-state index < -0.39 is 10.0 Å². The number of anilines is 1. The first kappa shape index (κ1) is 20.3. The minimum absolute atomic E-state index is 0.0139. The fourth-order valence-corrected chi connectivity index (χ4v) is 5.60. The van der Waals surface area contributed by atoms with Gasteiger partial charge in [-0.25, -0.2) is 8.42 Å². The number of sulfonamides is 1. The van der Waals surface area contributed by atoms with Gasteiger partial charge in [0.05, 0.1) is 18.0 Å². The van der Waals surface area contributed by atoms with Gasteiger partial charge in [-0.3, -0.25) is 4.79 Å². The van der Waals surface area contributed by atoms with Crippen LogP contribution in [-0.2, 0) is 14.8 Å². The fourth-order valence-electron chi connectivity index (χ4n) is 4.00. The van der Waals surface area contributed by atoms with Crippen LogP contribution >= 0.6 is 0 Å². The molecule has 0 aromatic heterocycles. The molecule has 2 heterocycles. The van der Waals surface area contributed by atoms with E-state index in [2.05, 4.69) is 19.2 Å². The summed E-state index contributed by atoms with van der Waals surface area (Å²) in [7, 11) is -3.45. The minimum Gasteiger partial charge on any atom is -0.327 e. The number of nitrogens with zero attached hydrogens (tertiary/aromatic N) is 1. The smallest absolute Gasteiger partial charge is 0.279 e. The van der Waals surface area contributed by atoms with Gasteiger partial charge < -0.3 is 10.2 Å². The minimum atomic E-state index is -3.45. The van der Waals surface area contributed by atoms with Crippen molar-refractivity contribution in [3.05, 3.63) is 24.3 Å². The molecule has 0 saturated carbocycles. The average Bonchev–Trinajstić information content (AvgIpc) is 2.64. The molecule has 0 bridgehead atoms. The summed E-state index contributed by atoms with van der Waals surface area (Å²) < 4.78 is 27.2. The van der Waals surface area contributed by atoms with Crippen molar-refractivity contribution < 1.29 is 18.1 Å². The number of carbonyl (C=O) groups is 1. The summed E-state index contributed by atoms with van der Waals surface area (Å²) in [5.74, 6) is 1.14. The predicted octanol–water partition coefficient (Wildman–Crippen LogP) is 1.36. The largest absolute Gasteiger partial charge is 0.327 e. The quantitative estimate of drug-likeness (QED) is 0.792. The molecular weight excluding hydrogens is 362 g/mol. The van der Waals surface area contributed by atoms with E-state index in [1.54, 1.807) is 28.6 Å². The van der Waals surface area contributed by atoms with E-state index in [1.165, 1.54) is 17.7 Å². The molecule has 1 amide bonds. The molecule has 3 rings (SSSR count). The molecule has 2 aliphatic heterocycles. The average molecular weight is 395 g/mol. The maximum atomic E-state index is 12.8. The van der Waals surface area contributed by atoms with Crippen molar-refractivity contribution in [3.8, 4) is 0 Å². The standard InChI is InChI=1S/C20H31N3O3S/c1-16-9-12-22(13-10-16)15-20(24)21-18-5-7-19(8-6-18)27(25,26)23-11-3-4-17(2)14-23/h5-8,16-17H,3-4,9-15H2,1-2H3,(H,21,24)/p+1/t17-/m1/s1. The van der Waals surface area contributed by atoms with Gasteiger partial charge in [-0.05, 0) is 61.8 Å². The lowest BCUT2D eigenvalue weighted by Crippen LogP contribution is -3.14. The Morgan fingerprint density at radius 1 is 1.11 bits per heavy atom. The van der Waals surface area contributed by atoms with E-state index in [4.69, 9.17) is 0 Å². The van der Waals surface area contributed by atoms with Crippen molar-refractivity contribution in [2.24, 2.45) is 11.8 Å². The number of benzene rings is 1. The van der Waals surface area contributed by atoms with Gasteiger partial charge in [0.15, 0.2) is 6.54 Å². The molecule has 150 valence electrons. The lowest BCUT2D eigenvalue weighted by Gasteiger charge is -2.30. The van der Waals surface area contributed by atoms with Gasteiger partial charge in [0.1, 0.15) is 0 Å². The molecule has 0 radical (unpaired) electrons. The summed E-state index contributed by atoms with van der Waals surface area (Å²) >= 11 is 0. The second-order valence-electron chi connectivity index (χ2n) is 8.29. The molecule has 6 nitrogen and oxygen atoms in total. The van der Waals surface area contributed by atoms with Crippen molar-refractivity contribution in [1.29, 1.82) is 0 Å². The third kappa shape index (κ3) is 5.30. The van der Waals surface area contributed by atoms with Crippen LogP contribution in [0.2, 0.25) is 0 Å². The number of hydrogen-bond acceptors (Lipinski definition) is 3. The molecule has 7 heteroatoms. The molecule has 0 unspecified atom stereocenters. The van der Waals surface area contributed by atoms with Crippen LogP contribution in [0.4, 0.5) is 5.69 Å². The van der Waals surface area contributed by atoms with Crippen molar-refractivity contribution in [1.82, 2.24) is 4.31 Å². The van der Waals surface area contributed by atoms with Crippen LogP contribution in [0.15, 0.2) is 29.2 Å². The number of likely N-dealkylation sites (tertiary alicyclic amines) is 1. The maximum Gasteiger partial charge on any atom is 0.279 e. The van der Waals surface area contributed by atoms with Crippen LogP contribution < -0.4 is 10.2 Å². The molecular formula is C20H32N3O3S+. The molecule has 1 aromatic rings. The fraction of sp³-hybridized carbons (Fsp3) is 0.650. The Morgan fingerprint density at radius 2 is 1.78 bits per heavy atom. The van der Waals surface area contributed by atoms with Gasteiger partial charge >= 0.3 is 0 Å². The Hall–Kier alpha value is -1.44. The van der Waals surface area contributed by atoms with Crippen LogP contribution in [0.1, 0.15) is 39.5 Å². The summed E-state index contributed by atoms with van der Waals surface area (Å²) in [5.41, 5.74) is 0.649. The molecule has 2 aliphatic rings. The Labute approximate surface area is 163 Å². The Bertz CT molecular complexity index is 740. The molecule has 27 heavy (non-hydrogen) atoms. The topological polar surface area (TPSA) is 70.9 Å². The zero-order valence-corrected chi connectivity index (χ0v) is 17.2. The molecule has 2 N–H and O–H groups in total. The molecule has 1 atom stereocenters. The highest BCUT2D eigenvalue weighted by atomic mass is 32.2. The van der Waals surface area contributed by atoms with E-state index >= 15 is 0 Å². The highest BCUT2D eigenvalue weighted by molar-refractivity contribution is 7.89. The number of nitrogens with one attached hydrogen (secondary N) is 2. The Balaban J connectivity index is 1.57. The lowest BCUT2D eigenvalue weighted by molar-refractivity contribution is -0.897. The van der Waals surface area contributed by atoms with E-state index in [-0.39, 0.29) is 5.91 Å². The second kappa shape index (κ2) is 8.71. The zero-order chi connectivity index (χ0) is 19.4. The van der Waals surface area contributed by atoms with Crippen molar-refractivity contribution in [3.63, 3.8) is 0 Å². The van der Waals surface area contributed by atoms with Crippen LogP contribution in [0.3, 0.4) is 0 Å². The van der Waals surface area contributed by atoms with Gasteiger partial charge in [-0.1, -0.05) is 13.8 Å².